The average molecular weight is 381 g/mol. The minimum absolute atomic E-state index is 0.242. The fourth-order valence-corrected chi connectivity index (χ4v) is 3.44. The first kappa shape index (κ1) is 23.7. The van der Waals surface area contributed by atoms with Crippen LogP contribution in [-0.4, -0.2) is 25.2 Å². The van der Waals surface area contributed by atoms with E-state index < -0.39 is 11.8 Å². The van der Waals surface area contributed by atoms with Gasteiger partial charge in [-0.05, 0) is 57.3 Å². The molecule has 2 unspecified atom stereocenters. The second-order valence-electron chi connectivity index (χ2n) is 8.82. The Morgan fingerprint density at radius 2 is 1.37 bits per heavy atom. The zero-order chi connectivity index (χ0) is 20.2. The molecule has 0 amide bonds. The van der Waals surface area contributed by atoms with Crippen LogP contribution in [0.1, 0.15) is 86.0 Å². The summed E-state index contributed by atoms with van der Waals surface area (Å²) >= 11 is 0. The lowest BCUT2D eigenvalue weighted by molar-refractivity contribution is -0.161. The first-order valence-electron chi connectivity index (χ1n) is 10.8. The third kappa shape index (κ3) is 9.97. The van der Waals surface area contributed by atoms with Gasteiger partial charge < -0.3 is 9.47 Å². The Kier molecular flexibility index (Phi) is 11.4. The Morgan fingerprint density at radius 1 is 0.889 bits per heavy atom. The molecule has 0 aromatic carbocycles. The van der Waals surface area contributed by atoms with Gasteiger partial charge in [0.15, 0.2) is 0 Å². The van der Waals surface area contributed by atoms with Crippen LogP contribution in [0.2, 0.25) is 0 Å². The van der Waals surface area contributed by atoms with Crippen molar-refractivity contribution in [3.8, 4) is 0 Å². The van der Waals surface area contributed by atoms with Crippen LogP contribution in [0.3, 0.4) is 0 Å². The molecular formula is C23H40O4. The molecule has 0 aliphatic heterocycles. The van der Waals surface area contributed by atoms with Crippen LogP contribution in [0.5, 0.6) is 0 Å². The number of unbranched alkanes of at least 4 members (excludes halogenated alkanes) is 2. The summed E-state index contributed by atoms with van der Waals surface area (Å²) in [7, 11) is 0. The predicted molar refractivity (Wildman–Crippen MR) is 109 cm³/mol. The van der Waals surface area contributed by atoms with Gasteiger partial charge in [-0.2, -0.15) is 0 Å². The van der Waals surface area contributed by atoms with Crippen molar-refractivity contribution in [3.63, 3.8) is 0 Å². The monoisotopic (exact) mass is 380 g/mol. The van der Waals surface area contributed by atoms with Gasteiger partial charge in [0, 0.05) is 0 Å². The molecule has 27 heavy (non-hydrogen) atoms. The molecule has 156 valence electrons. The van der Waals surface area contributed by atoms with Gasteiger partial charge in [0.2, 0.25) is 0 Å². The van der Waals surface area contributed by atoms with Gasteiger partial charge in [-0.3, -0.25) is 9.59 Å². The second kappa shape index (κ2) is 13.0. The zero-order valence-corrected chi connectivity index (χ0v) is 18.1. The standard InChI is InChI=1S/C23H40O4/c1-17(2)10-6-8-14-26-22(24)20-13-12-19(5)16-21(20)23(25)27-15-9-7-11-18(3)4/h12,17-18,20-21H,6-11,13-16H2,1-5H3. The van der Waals surface area contributed by atoms with Gasteiger partial charge in [0.25, 0.3) is 0 Å². The molecule has 4 heteroatoms. The molecule has 0 aromatic heterocycles. The number of esters is 2. The van der Waals surface area contributed by atoms with Gasteiger partial charge in [-0.15, -0.1) is 0 Å². The molecule has 0 saturated heterocycles. The highest BCUT2D eigenvalue weighted by molar-refractivity contribution is 5.83. The summed E-state index contributed by atoms with van der Waals surface area (Å²) < 4.78 is 11.0. The molecule has 0 saturated carbocycles. The maximum Gasteiger partial charge on any atom is 0.310 e. The van der Waals surface area contributed by atoms with Gasteiger partial charge >= 0.3 is 11.9 Å². The average Bonchev–Trinajstić information content (AvgIpc) is 2.60. The Bertz CT molecular complexity index is 479. The van der Waals surface area contributed by atoms with E-state index in [9.17, 15) is 9.59 Å². The van der Waals surface area contributed by atoms with Crippen LogP contribution in [-0.2, 0) is 19.1 Å². The summed E-state index contributed by atoms with van der Waals surface area (Å²) in [6.07, 6.45) is 9.42. The summed E-state index contributed by atoms with van der Waals surface area (Å²) in [5.41, 5.74) is 1.15. The summed E-state index contributed by atoms with van der Waals surface area (Å²) in [5, 5.41) is 0. The van der Waals surface area contributed by atoms with Crippen LogP contribution >= 0.6 is 0 Å². The van der Waals surface area contributed by atoms with Crippen molar-refractivity contribution in [2.45, 2.75) is 86.0 Å². The van der Waals surface area contributed by atoms with Crippen LogP contribution in [0.15, 0.2) is 11.6 Å². The molecule has 1 aliphatic rings. The molecule has 1 rings (SSSR count). The lowest BCUT2D eigenvalue weighted by atomic mass is 9.80. The molecule has 0 aromatic rings. The van der Waals surface area contributed by atoms with Crippen molar-refractivity contribution < 1.29 is 19.1 Å². The van der Waals surface area contributed by atoms with E-state index in [0.29, 0.717) is 37.9 Å². The molecule has 2 atom stereocenters. The lowest BCUT2D eigenvalue weighted by Crippen LogP contribution is -2.34. The number of ether oxygens (including phenoxy) is 2. The summed E-state index contributed by atoms with van der Waals surface area (Å²) in [5.74, 6) is 0.0578. The molecule has 4 nitrogen and oxygen atoms in total. The van der Waals surface area contributed by atoms with Crippen LogP contribution in [0.25, 0.3) is 0 Å². The van der Waals surface area contributed by atoms with Crippen molar-refractivity contribution in [3.05, 3.63) is 11.6 Å². The Morgan fingerprint density at radius 3 is 1.85 bits per heavy atom. The first-order chi connectivity index (χ1) is 12.8. The van der Waals surface area contributed by atoms with E-state index in [1.807, 2.05) is 6.92 Å². The summed E-state index contributed by atoms with van der Waals surface area (Å²) in [4.78, 5) is 25.1. The third-order valence-electron chi connectivity index (χ3n) is 5.19. The van der Waals surface area contributed by atoms with Crippen molar-refractivity contribution in [1.29, 1.82) is 0 Å². The van der Waals surface area contributed by atoms with E-state index in [1.165, 1.54) is 0 Å². The molecular weight excluding hydrogens is 340 g/mol. The molecule has 0 radical (unpaired) electrons. The number of allylic oxidation sites excluding steroid dienone is 2. The van der Waals surface area contributed by atoms with Crippen molar-refractivity contribution in [1.82, 2.24) is 0 Å². The fourth-order valence-electron chi connectivity index (χ4n) is 3.44. The number of hydrogen-bond donors (Lipinski definition) is 0. The Hall–Kier alpha value is -1.32. The maximum atomic E-state index is 12.5. The minimum atomic E-state index is -0.401. The first-order valence-corrected chi connectivity index (χ1v) is 10.8. The highest BCUT2D eigenvalue weighted by Crippen LogP contribution is 2.32. The topological polar surface area (TPSA) is 52.6 Å². The number of carbonyl (C=O) groups excluding carboxylic acids is 2. The van der Waals surface area contributed by atoms with Gasteiger partial charge in [0.05, 0.1) is 25.0 Å². The molecule has 1 aliphatic carbocycles. The highest BCUT2D eigenvalue weighted by atomic mass is 16.5. The normalized spacial score (nSPS) is 19.9. The number of rotatable bonds is 12. The number of carbonyl (C=O) groups is 2. The Labute approximate surface area is 166 Å². The smallest absolute Gasteiger partial charge is 0.310 e. The Balaban J connectivity index is 2.43. The van der Waals surface area contributed by atoms with E-state index in [-0.39, 0.29) is 11.9 Å². The van der Waals surface area contributed by atoms with E-state index in [4.69, 9.17) is 9.47 Å². The third-order valence-corrected chi connectivity index (χ3v) is 5.19. The molecule has 0 heterocycles. The number of hydrogen-bond acceptors (Lipinski definition) is 4. The highest BCUT2D eigenvalue weighted by Gasteiger charge is 2.37. The van der Waals surface area contributed by atoms with E-state index >= 15 is 0 Å². The lowest BCUT2D eigenvalue weighted by Gasteiger charge is -2.27. The second-order valence-corrected chi connectivity index (χ2v) is 8.82. The minimum Gasteiger partial charge on any atom is -0.465 e. The van der Waals surface area contributed by atoms with Crippen molar-refractivity contribution >= 4 is 11.9 Å². The fraction of sp³-hybridized carbons (Fsp3) is 0.826. The molecule has 0 N–H and O–H groups in total. The van der Waals surface area contributed by atoms with Gasteiger partial charge in [-0.1, -0.05) is 52.2 Å². The van der Waals surface area contributed by atoms with Crippen LogP contribution in [0.4, 0.5) is 0 Å². The quantitative estimate of drug-likeness (QED) is 0.248. The van der Waals surface area contributed by atoms with E-state index in [1.54, 1.807) is 0 Å². The SMILES string of the molecule is CC1=CCC(C(=O)OCCCCC(C)C)C(C(=O)OCCCCC(C)C)C1. The van der Waals surface area contributed by atoms with Gasteiger partial charge in [-0.25, -0.2) is 0 Å². The summed E-state index contributed by atoms with van der Waals surface area (Å²) in [6.45, 7) is 11.7. The molecule has 0 fully saturated rings. The van der Waals surface area contributed by atoms with Crippen molar-refractivity contribution in [2.75, 3.05) is 13.2 Å². The van der Waals surface area contributed by atoms with Gasteiger partial charge in [0.1, 0.15) is 0 Å². The molecule has 0 spiro atoms. The van der Waals surface area contributed by atoms with E-state index in [2.05, 4.69) is 33.8 Å². The van der Waals surface area contributed by atoms with E-state index in [0.717, 1.165) is 44.1 Å². The maximum absolute atomic E-state index is 12.5. The van der Waals surface area contributed by atoms with Crippen LogP contribution < -0.4 is 0 Å². The van der Waals surface area contributed by atoms with Crippen molar-refractivity contribution in [2.24, 2.45) is 23.7 Å². The van der Waals surface area contributed by atoms with Crippen LogP contribution in [0, 0.1) is 23.7 Å². The zero-order valence-electron chi connectivity index (χ0n) is 18.1. The predicted octanol–water partition coefficient (Wildman–Crippen LogP) is 5.70. The summed E-state index contributed by atoms with van der Waals surface area (Å²) in [6, 6.07) is 0. The largest absolute Gasteiger partial charge is 0.465 e. The molecule has 0 bridgehead atoms.